The van der Waals surface area contributed by atoms with Gasteiger partial charge in [0.05, 0.1) is 24.4 Å². The first-order chi connectivity index (χ1) is 8.97. The van der Waals surface area contributed by atoms with Crippen molar-refractivity contribution >= 4 is 23.4 Å². The number of amides is 1. The van der Waals surface area contributed by atoms with E-state index in [0.29, 0.717) is 5.82 Å². The summed E-state index contributed by atoms with van der Waals surface area (Å²) in [6, 6.07) is 1.48. The number of aromatic nitrogens is 1. The third-order valence-corrected chi connectivity index (χ3v) is 2.39. The number of nitrogens with two attached hydrogens (primary N) is 1. The molecule has 7 heteroatoms. The minimum atomic E-state index is -0.510. The second-order valence-corrected chi connectivity index (χ2v) is 3.98. The normalized spacial score (nSPS) is 9.84. The van der Waals surface area contributed by atoms with E-state index in [1.54, 1.807) is 21.0 Å². The molecule has 1 amide bonds. The zero-order valence-electron chi connectivity index (χ0n) is 11.3. The fourth-order valence-corrected chi connectivity index (χ4v) is 1.32. The summed E-state index contributed by atoms with van der Waals surface area (Å²) in [6.45, 7) is 2.03. The van der Waals surface area contributed by atoms with Crippen molar-refractivity contribution in [2.24, 2.45) is 0 Å². The molecule has 0 saturated heterocycles. The molecule has 0 aliphatic carbocycles. The zero-order chi connectivity index (χ0) is 14.4. The van der Waals surface area contributed by atoms with Gasteiger partial charge in [0.25, 0.3) is 0 Å². The van der Waals surface area contributed by atoms with Crippen LogP contribution in [0.1, 0.15) is 17.3 Å². The lowest BCUT2D eigenvalue weighted by molar-refractivity contribution is -0.126. The van der Waals surface area contributed by atoms with E-state index in [9.17, 15) is 9.59 Å². The predicted octanol–water partition coefficient (Wildman–Crippen LogP) is 0.341. The van der Waals surface area contributed by atoms with Gasteiger partial charge in [-0.2, -0.15) is 0 Å². The second-order valence-electron chi connectivity index (χ2n) is 3.98. The number of ether oxygens (including phenoxy) is 1. The van der Waals surface area contributed by atoms with Crippen LogP contribution in [0.2, 0.25) is 0 Å². The topological polar surface area (TPSA) is 97.5 Å². The SMILES string of the molecule is CCOC(=O)c1ccnc(NCC(=O)N(C)C)c1N. The molecule has 0 aromatic carbocycles. The van der Waals surface area contributed by atoms with Gasteiger partial charge in [0.2, 0.25) is 5.91 Å². The van der Waals surface area contributed by atoms with Gasteiger partial charge < -0.3 is 20.7 Å². The van der Waals surface area contributed by atoms with Crippen molar-refractivity contribution in [1.82, 2.24) is 9.88 Å². The fourth-order valence-electron chi connectivity index (χ4n) is 1.32. The Hall–Kier alpha value is -2.31. The first-order valence-electron chi connectivity index (χ1n) is 5.83. The number of nitrogen functional groups attached to an aromatic ring is 1. The highest BCUT2D eigenvalue weighted by Crippen LogP contribution is 2.20. The van der Waals surface area contributed by atoms with Crippen LogP contribution in [0.3, 0.4) is 0 Å². The lowest BCUT2D eigenvalue weighted by Crippen LogP contribution is -2.29. The largest absolute Gasteiger partial charge is 0.462 e. The van der Waals surface area contributed by atoms with Crippen LogP contribution < -0.4 is 11.1 Å². The molecule has 0 saturated carbocycles. The van der Waals surface area contributed by atoms with Gasteiger partial charge in [0, 0.05) is 20.3 Å². The van der Waals surface area contributed by atoms with Crippen molar-refractivity contribution in [3.05, 3.63) is 17.8 Å². The van der Waals surface area contributed by atoms with Crippen LogP contribution in [-0.2, 0) is 9.53 Å². The van der Waals surface area contributed by atoms with Crippen LogP contribution in [0.15, 0.2) is 12.3 Å². The Balaban J connectivity index is 2.83. The Morgan fingerprint density at radius 1 is 1.47 bits per heavy atom. The molecule has 0 spiro atoms. The minimum Gasteiger partial charge on any atom is -0.462 e. The molecule has 0 unspecified atom stereocenters. The van der Waals surface area contributed by atoms with Crippen molar-refractivity contribution in [2.75, 3.05) is 38.3 Å². The first kappa shape index (κ1) is 14.7. The van der Waals surface area contributed by atoms with Crippen molar-refractivity contribution < 1.29 is 14.3 Å². The summed E-state index contributed by atoms with van der Waals surface area (Å²) in [4.78, 5) is 28.5. The van der Waals surface area contributed by atoms with Gasteiger partial charge in [0.1, 0.15) is 5.82 Å². The molecule has 0 bridgehead atoms. The lowest BCUT2D eigenvalue weighted by atomic mass is 10.2. The van der Waals surface area contributed by atoms with Crippen LogP contribution >= 0.6 is 0 Å². The Morgan fingerprint density at radius 3 is 2.74 bits per heavy atom. The predicted molar refractivity (Wildman–Crippen MR) is 71.8 cm³/mol. The van der Waals surface area contributed by atoms with Gasteiger partial charge in [-0.05, 0) is 13.0 Å². The Bertz CT molecular complexity index is 474. The molecule has 0 aliphatic heterocycles. The molecule has 19 heavy (non-hydrogen) atoms. The van der Waals surface area contributed by atoms with E-state index in [1.807, 2.05) is 0 Å². The van der Waals surface area contributed by atoms with E-state index >= 15 is 0 Å². The van der Waals surface area contributed by atoms with Crippen molar-refractivity contribution in [2.45, 2.75) is 6.92 Å². The maximum absolute atomic E-state index is 11.6. The number of pyridine rings is 1. The monoisotopic (exact) mass is 266 g/mol. The third kappa shape index (κ3) is 3.84. The summed E-state index contributed by atoms with van der Waals surface area (Å²) >= 11 is 0. The van der Waals surface area contributed by atoms with E-state index in [2.05, 4.69) is 10.3 Å². The average Bonchev–Trinajstić information content (AvgIpc) is 2.37. The summed E-state index contributed by atoms with van der Waals surface area (Å²) in [5, 5.41) is 2.80. The molecule has 104 valence electrons. The quantitative estimate of drug-likeness (QED) is 0.746. The summed E-state index contributed by atoms with van der Waals surface area (Å²) in [5.41, 5.74) is 6.23. The standard InChI is InChI=1S/C12H18N4O3/c1-4-19-12(18)8-5-6-14-11(10(8)13)15-7-9(17)16(2)3/h5-6H,4,7,13H2,1-3H3,(H,14,15). The number of hydrogen-bond acceptors (Lipinski definition) is 6. The van der Waals surface area contributed by atoms with Gasteiger partial charge in [-0.3, -0.25) is 4.79 Å². The smallest absolute Gasteiger partial charge is 0.340 e. The molecule has 0 aliphatic rings. The maximum atomic E-state index is 11.6. The molecule has 1 heterocycles. The second kappa shape index (κ2) is 6.58. The van der Waals surface area contributed by atoms with Crippen LogP contribution in [0.25, 0.3) is 0 Å². The Kier molecular flexibility index (Phi) is 5.11. The molecule has 0 atom stereocenters. The number of carbonyl (C=O) groups is 2. The number of nitrogens with zero attached hydrogens (tertiary/aromatic N) is 2. The van der Waals surface area contributed by atoms with E-state index in [0.717, 1.165) is 0 Å². The lowest BCUT2D eigenvalue weighted by Gasteiger charge is -2.13. The molecule has 1 aromatic heterocycles. The Morgan fingerprint density at radius 2 is 2.16 bits per heavy atom. The van der Waals surface area contributed by atoms with Crippen LogP contribution in [0.4, 0.5) is 11.5 Å². The molecular weight excluding hydrogens is 248 g/mol. The summed E-state index contributed by atoms with van der Waals surface area (Å²) < 4.78 is 4.88. The van der Waals surface area contributed by atoms with E-state index in [-0.39, 0.29) is 30.3 Å². The van der Waals surface area contributed by atoms with Crippen molar-refractivity contribution in [3.63, 3.8) is 0 Å². The number of esters is 1. The number of rotatable bonds is 5. The molecule has 1 rings (SSSR count). The number of likely N-dealkylation sites (N-methyl/N-ethyl adjacent to an activating group) is 1. The summed E-state index contributed by atoms with van der Waals surface area (Å²) in [7, 11) is 3.30. The van der Waals surface area contributed by atoms with Gasteiger partial charge in [-0.1, -0.05) is 0 Å². The van der Waals surface area contributed by atoms with Gasteiger partial charge >= 0.3 is 5.97 Å². The highest BCUT2D eigenvalue weighted by Gasteiger charge is 2.15. The van der Waals surface area contributed by atoms with Crippen LogP contribution in [0.5, 0.6) is 0 Å². The molecule has 0 fully saturated rings. The molecule has 7 nitrogen and oxygen atoms in total. The van der Waals surface area contributed by atoms with Crippen molar-refractivity contribution in [1.29, 1.82) is 0 Å². The maximum Gasteiger partial charge on any atom is 0.340 e. The van der Waals surface area contributed by atoms with E-state index in [1.165, 1.54) is 17.2 Å². The minimum absolute atomic E-state index is 0.0521. The molecule has 0 radical (unpaired) electrons. The summed E-state index contributed by atoms with van der Waals surface area (Å²) in [5.74, 6) is -0.340. The van der Waals surface area contributed by atoms with E-state index < -0.39 is 5.97 Å². The number of anilines is 2. The highest BCUT2D eigenvalue weighted by atomic mass is 16.5. The Labute approximate surface area is 111 Å². The molecule has 1 aromatic rings. The summed E-state index contributed by atoms with van der Waals surface area (Å²) in [6.07, 6.45) is 1.44. The van der Waals surface area contributed by atoms with E-state index in [4.69, 9.17) is 10.5 Å². The fraction of sp³-hybridized carbons (Fsp3) is 0.417. The van der Waals surface area contributed by atoms with Gasteiger partial charge in [-0.25, -0.2) is 9.78 Å². The van der Waals surface area contributed by atoms with Crippen LogP contribution in [-0.4, -0.2) is 49.0 Å². The van der Waals surface area contributed by atoms with Gasteiger partial charge in [0.15, 0.2) is 0 Å². The average molecular weight is 266 g/mol. The number of hydrogen-bond donors (Lipinski definition) is 2. The number of nitrogens with one attached hydrogen (secondary N) is 1. The highest BCUT2D eigenvalue weighted by molar-refractivity contribution is 5.97. The molecule has 3 N–H and O–H groups in total. The molecular formula is C12H18N4O3. The first-order valence-corrected chi connectivity index (χ1v) is 5.83. The number of carbonyl (C=O) groups excluding carboxylic acids is 2. The van der Waals surface area contributed by atoms with Crippen molar-refractivity contribution in [3.8, 4) is 0 Å². The third-order valence-electron chi connectivity index (χ3n) is 2.39. The zero-order valence-corrected chi connectivity index (χ0v) is 11.3. The van der Waals surface area contributed by atoms with Crippen LogP contribution in [0, 0.1) is 0 Å². The van der Waals surface area contributed by atoms with Gasteiger partial charge in [-0.15, -0.1) is 0 Å².